The van der Waals surface area contributed by atoms with Crippen LogP contribution in [0, 0.1) is 5.92 Å². The van der Waals surface area contributed by atoms with Crippen LogP contribution >= 0.6 is 11.8 Å². The Balaban J connectivity index is 0.00000171. The van der Waals surface area contributed by atoms with Gasteiger partial charge in [0.2, 0.25) is 11.1 Å². The van der Waals surface area contributed by atoms with Gasteiger partial charge in [-0.3, -0.25) is 9.69 Å². The number of aromatic nitrogens is 4. The van der Waals surface area contributed by atoms with Crippen LogP contribution < -0.4 is 29.6 Å². The molecule has 160 valence electrons. The first-order valence-corrected chi connectivity index (χ1v) is 10.6. The van der Waals surface area contributed by atoms with Gasteiger partial charge in [0.1, 0.15) is 11.7 Å². The predicted octanol–water partition coefficient (Wildman–Crippen LogP) is -3.48. The molecule has 3 aliphatic heterocycles. The molecular formula is C13H14F3N6NaO5S2. The van der Waals surface area contributed by atoms with E-state index >= 15 is 0 Å². The third-order valence-electron chi connectivity index (χ3n) is 5.16. The summed E-state index contributed by atoms with van der Waals surface area (Å²) in [6, 6.07) is -2.45. The minimum absolute atomic E-state index is 0. The van der Waals surface area contributed by atoms with Crippen LogP contribution in [0.5, 0.6) is 0 Å². The van der Waals surface area contributed by atoms with E-state index in [-0.39, 0.29) is 53.2 Å². The number of hydrogen-bond acceptors (Lipinski definition) is 8. The van der Waals surface area contributed by atoms with Gasteiger partial charge >= 0.3 is 51.1 Å². The molecular weight excluding hydrogens is 464 g/mol. The second-order valence-electron chi connectivity index (χ2n) is 6.76. The van der Waals surface area contributed by atoms with E-state index in [2.05, 4.69) is 15.5 Å². The summed E-state index contributed by atoms with van der Waals surface area (Å²) in [5.41, 5.74) is -5.55. The van der Waals surface area contributed by atoms with E-state index in [0.717, 1.165) is 16.7 Å². The van der Waals surface area contributed by atoms with Gasteiger partial charge in [-0.2, -0.15) is 17.5 Å². The van der Waals surface area contributed by atoms with Gasteiger partial charge < -0.3 is 6.53 Å². The summed E-state index contributed by atoms with van der Waals surface area (Å²) < 4.78 is 64.2. The summed E-state index contributed by atoms with van der Waals surface area (Å²) in [5, 5.41) is 20.8. The summed E-state index contributed by atoms with van der Waals surface area (Å²) in [5.74, 6) is -2.92. The number of nitrogens with zero attached hydrogens (tertiary/aromatic N) is 6. The quantitative estimate of drug-likeness (QED) is 0.260. The SMILES string of the molecule is Cn1nnnc1SCC1=C(C(=O)O)N2C(=O)[C@@H]3[C@H]2[C@H](C1)CN3S(=O)(=O)C(F)(F)F.[H-].[Na+]. The van der Waals surface area contributed by atoms with Gasteiger partial charge in [-0.25, -0.2) is 17.9 Å². The van der Waals surface area contributed by atoms with Crippen LogP contribution in [0.4, 0.5) is 13.2 Å². The average molecular weight is 478 g/mol. The van der Waals surface area contributed by atoms with Crippen LogP contribution in [-0.4, -0.2) is 84.7 Å². The first-order chi connectivity index (χ1) is 13.4. The minimum Gasteiger partial charge on any atom is -1.00 e. The number of thioether (sulfide) groups is 1. The molecule has 0 radical (unpaired) electrons. The van der Waals surface area contributed by atoms with Crippen molar-refractivity contribution in [2.24, 2.45) is 13.0 Å². The van der Waals surface area contributed by atoms with Gasteiger partial charge in [0.15, 0.2) is 0 Å². The number of rotatable bonds is 5. The van der Waals surface area contributed by atoms with Crippen molar-refractivity contribution < 1.29 is 67.3 Å². The van der Waals surface area contributed by atoms with Crippen molar-refractivity contribution in [3.05, 3.63) is 11.3 Å². The number of hydrogen-bond donors (Lipinski definition) is 1. The zero-order valence-corrected chi connectivity index (χ0v) is 19.2. The first kappa shape index (κ1) is 23.5. The van der Waals surface area contributed by atoms with Crippen molar-refractivity contribution in [2.75, 3.05) is 12.3 Å². The molecule has 3 atom stereocenters. The molecule has 0 aromatic carbocycles. The van der Waals surface area contributed by atoms with E-state index in [1.807, 2.05) is 0 Å². The van der Waals surface area contributed by atoms with Crippen molar-refractivity contribution in [3.63, 3.8) is 0 Å². The maximum absolute atomic E-state index is 13.0. The maximum Gasteiger partial charge on any atom is 1.00 e. The fourth-order valence-corrected chi connectivity index (χ4v) is 6.04. The van der Waals surface area contributed by atoms with E-state index in [0.29, 0.717) is 10.7 Å². The van der Waals surface area contributed by atoms with Crippen molar-refractivity contribution in [1.29, 1.82) is 0 Å². The summed E-state index contributed by atoms with van der Waals surface area (Å²) in [6.07, 6.45) is 0.0503. The standard InChI is InChI=1S/C13H13F3N6O5S2.Na.H/c1-20-12(17-18-19-20)28-4-6-2-5-3-21(29(26,27)13(14,15)16)9-7(5)22(10(9)23)8(6)11(24)25;;/h5,7,9H,2-4H2,1H3,(H,24,25);;/q;+1;-1/t5-,7-,9+;;/m1../s1. The number of carboxylic acids is 1. The molecule has 11 nitrogen and oxygen atoms in total. The fourth-order valence-electron chi connectivity index (χ4n) is 3.99. The van der Waals surface area contributed by atoms with Crippen molar-refractivity contribution >= 4 is 33.7 Å². The number of aryl methyl sites for hydroxylation is 1. The number of β-lactam (4-membered cyclic amide) rings is 1. The van der Waals surface area contributed by atoms with Crippen LogP contribution in [0.25, 0.3) is 0 Å². The molecule has 2 fully saturated rings. The smallest absolute Gasteiger partial charge is 1.00 e. The molecule has 0 aliphatic carbocycles. The molecule has 0 spiro atoms. The number of amides is 1. The molecule has 2 saturated heterocycles. The largest absolute Gasteiger partial charge is 1.00 e. The first-order valence-electron chi connectivity index (χ1n) is 8.16. The van der Waals surface area contributed by atoms with Gasteiger partial charge in [-0.05, 0) is 28.3 Å². The van der Waals surface area contributed by atoms with Gasteiger partial charge in [-0.15, -0.1) is 5.10 Å². The zero-order chi connectivity index (χ0) is 21.3. The van der Waals surface area contributed by atoms with Crippen LogP contribution in [0.2, 0.25) is 0 Å². The summed E-state index contributed by atoms with van der Waals surface area (Å²) in [7, 11) is -4.13. The molecule has 3 aliphatic rings. The third kappa shape index (κ3) is 3.37. The van der Waals surface area contributed by atoms with Crippen LogP contribution in [0.15, 0.2) is 16.4 Å². The van der Waals surface area contributed by atoms with E-state index < -0.39 is 52.0 Å². The third-order valence-corrected chi connectivity index (χ3v) is 7.84. The predicted molar refractivity (Wildman–Crippen MR) is 89.5 cm³/mol. The number of carboxylic acid groups (broad SMARTS) is 1. The second-order valence-corrected chi connectivity index (χ2v) is 9.58. The van der Waals surface area contributed by atoms with Crippen LogP contribution in [0.1, 0.15) is 7.85 Å². The molecule has 1 aromatic rings. The van der Waals surface area contributed by atoms with E-state index in [9.17, 15) is 36.3 Å². The Morgan fingerprint density at radius 2 is 2.07 bits per heavy atom. The monoisotopic (exact) mass is 478 g/mol. The van der Waals surface area contributed by atoms with Crippen LogP contribution in [-0.2, 0) is 26.7 Å². The molecule has 17 heteroatoms. The normalized spacial score (nSPS) is 26.3. The van der Waals surface area contributed by atoms with Gasteiger partial charge in [0.05, 0.1) is 6.04 Å². The molecule has 0 unspecified atom stereocenters. The summed E-state index contributed by atoms with van der Waals surface area (Å²) in [6.45, 7) is -0.508. The topological polar surface area (TPSA) is 139 Å². The number of aliphatic carboxylic acids is 1. The Kier molecular flexibility index (Phi) is 6.05. The molecule has 1 aromatic heterocycles. The molecule has 0 bridgehead atoms. The van der Waals surface area contributed by atoms with Crippen molar-refractivity contribution in [3.8, 4) is 0 Å². The average Bonchev–Trinajstić information content (AvgIpc) is 3.19. The number of carbonyl (C=O) groups excluding carboxylic acids is 1. The number of halogens is 3. The Hall–Kier alpha value is -1.20. The number of tetrazole rings is 1. The molecule has 1 amide bonds. The van der Waals surface area contributed by atoms with Gasteiger partial charge in [0.25, 0.3) is 0 Å². The molecule has 1 N–H and O–H groups in total. The second kappa shape index (κ2) is 7.74. The Morgan fingerprint density at radius 1 is 1.40 bits per heavy atom. The van der Waals surface area contributed by atoms with E-state index in [4.69, 9.17) is 0 Å². The van der Waals surface area contributed by atoms with E-state index in [1.165, 1.54) is 4.68 Å². The zero-order valence-electron chi connectivity index (χ0n) is 16.6. The molecule has 4 heterocycles. The molecule has 4 rings (SSSR count). The van der Waals surface area contributed by atoms with Gasteiger partial charge in [-0.1, -0.05) is 11.8 Å². The number of sulfonamides is 1. The maximum atomic E-state index is 13.0. The summed E-state index contributed by atoms with van der Waals surface area (Å²) >= 11 is 1.10. The fraction of sp³-hybridized carbons (Fsp3) is 0.615. The number of carbonyl (C=O) groups is 2. The number of alkyl halides is 3. The van der Waals surface area contributed by atoms with E-state index in [1.54, 1.807) is 7.05 Å². The van der Waals surface area contributed by atoms with Crippen LogP contribution in [0.3, 0.4) is 0 Å². The van der Waals surface area contributed by atoms with Gasteiger partial charge in [0, 0.05) is 19.3 Å². The Bertz CT molecular complexity index is 1050. The Morgan fingerprint density at radius 3 is 2.60 bits per heavy atom. The Labute approximate surface area is 195 Å². The minimum atomic E-state index is -5.70. The summed E-state index contributed by atoms with van der Waals surface area (Å²) in [4.78, 5) is 25.2. The van der Waals surface area contributed by atoms with Crippen molar-refractivity contribution in [1.82, 2.24) is 29.4 Å². The molecule has 0 saturated carbocycles. The van der Waals surface area contributed by atoms with Crippen molar-refractivity contribution in [2.45, 2.75) is 29.2 Å². The molecule has 30 heavy (non-hydrogen) atoms.